The molecule has 0 bridgehead atoms. The van der Waals surface area contributed by atoms with Gasteiger partial charge >= 0.3 is 0 Å². The quantitative estimate of drug-likeness (QED) is 0.468. The molecular weight excluding hydrogens is 355 g/mol. The van der Waals surface area contributed by atoms with Crippen molar-refractivity contribution in [3.8, 4) is 11.5 Å². The number of halogens is 2. The van der Waals surface area contributed by atoms with Crippen molar-refractivity contribution in [3.05, 3.63) is 54.5 Å². The van der Waals surface area contributed by atoms with Gasteiger partial charge < -0.3 is 4.74 Å². The molecular formula is C12H4Cl2N2O5S. The monoisotopic (exact) mass is 358 g/mol. The van der Waals surface area contributed by atoms with E-state index in [9.17, 15) is 20.2 Å². The summed E-state index contributed by atoms with van der Waals surface area (Å²) < 4.78 is 5.57. The van der Waals surface area contributed by atoms with Crippen molar-refractivity contribution in [2.24, 2.45) is 0 Å². The first-order chi connectivity index (χ1) is 10.4. The van der Waals surface area contributed by atoms with E-state index in [1.807, 2.05) is 0 Å². The highest BCUT2D eigenvalue weighted by molar-refractivity contribution is 7.99. The molecule has 1 aliphatic heterocycles. The van der Waals surface area contributed by atoms with Crippen molar-refractivity contribution in [2.45, 2.75) is 9.79 Å². The van der Waals surface area contributed by atoms with Crippen LogP contribution in [-0.4, -0.2) is 9.85 Å². The lowest BCUT2D eigenvalue weighted by Crippen LogP contribution is -1.99. The van der Waals surface area contributed by atoms with Crippen molar-refractivity contribution in [2.75, 3.05) is 0 Å². The minimum absolute atomic E-state index is 0.0548. The van der Waals surface area contributed by atoms with Crippen LogP contribution in [0.3, 0.4) is 0 Å². The van der Waals surface area contributed by atoms with Gasteiger partial charge in [-0.1, -0.05) is 35.0 Å². The van der Waals surface area contributed by atoms with Gasteiger partial charge in [0.2, 0.25) is 0 Å². The van der Waals surface area contributed by atoms with Crippen LogP contribution in [-0.2, 0) is 0 Å². The highest BCUT2D eigenvalue weighted by atomic mass is 35.5. The predicted molar refractivity (Wildman–Crippen MR) is 80.4 cm³/mol. The number of nitro benzene ring substituents is 2. The molecule has 7 nitrogen and oxygen atoms in total. The average molecular weight is 359 g/mol. The van der Waals surface area contributed by atoms with Gasteiger partial charge in [-0.2, -0.15) is 0 Å². The molecule has 1 aliphatic rings. The number of hydrogen-bond donors (Lipinski definition) is 0. The van der Waals surface area contributed by atoms with Crippen molar-refractivity contribution >= 4 is 46.3 Å². The first-order valence-corrected chi connectivity index (χ1v) is 7.25. The zero-order chi connectivity index (χ0) is 16.0. The lowest BCUT2D eigenvalue weighted by Gasteiger charge is -2.19. The Morgan fingerprint density at radius 3 is 1.64 bits per heavy atom. The zero-order valence-corrected chi connectivity index (χ0v) is 12.7. The summed E-state index contributed by atoms with van der Waals surface area (Å²) in [6, 6.07) is 5.21. The summed E-state index contributed by atoms with van der Waals surface area (Å²) in [5, 5.41) is 21.7. The maximum Gasteiger partial charge on any atom is 0.289 e. The Balaban J connectivity index is 2.10. The Hall–Kier alpha value is -2.03. The summed E-state index contributed by atoms with van der Waals surface area (Å²) in [4.78, 5) is 21.5. The lowest BCUT2D eigenvalue weighted by atomic mass is 10.2. The summed E-state index contributed by atoms with van der Waals surface area (Å²) in [6.45, 7) is 0. The van der Waals surface area contributed by atoms with Gasteiger partial charge in [-0.05, 0) is 0 Å². The van der Waals surface area contributed by atoms with E-state index in [0.29, 0.717) is 21.3 Å². The highest BCUT2D eigenvalue weighted by Gasteiger charge is 2.27. The number of fused-ring (bicyclic) bond motifs is 2. The summed E-state index contributed by atoms with van der Waals surface area (Å²) in [6.07, 6.45) is 0. The molecule has 0 spiro atoms. The van der Waals surface area contributed by atoms with Crippen LogP contribution >= 0.6 is 35.0 Å². The average Bonchev–Trinajstić information content (AvgIpc) is 2.43. The zero-order valence-electron chi connectivity index (χ0n) is 10.4. The molecule has 112 valence electrons. The van der Waals surface area contributed by atoms with Crippen LogP contribution in [0.1, 0.15) is 0 Å². The molecule has 0 saturated heterocycles. The van der Waals surface area contributed by atoms with E-state index in [-0.39, 0.29) is 21.4 Å². The largest absolute Gasteiger partial charge is 0.455 e. The minimum Gasteiger partial charge on any atom is -0.455 e. The van der Waals surface area contributed by atoms with Gasteiger partial charge in [0, 0.05) is 24.3 Å². The molecule has 0 aromatic heterocycles. The Bertz CT molecular complexity index is 775. The summed E-state index contributed by atoms with van der Waals surface area (Å²) in [5.41, 5.74) is -0.521. The van der Waals surface area contributed by atoms with Gasteiger partial charge in [0.15, 0.2) is 0 Å². The van der Waals surface area contributed by atoms with Gasteiger partial charge in [0.25, 0.3) is 11.4 Å². The first kappa shape index (κ1) is 14.9. The van der Waals surface area contributed by atoms with Gasteiger partial charge in [0.05, 0.1) is 19.6 Å². The molecule has 2 aromatic carbocycles. The van der Waals surface area contributed by atoms with Crippen LogP contribution in [0.2, 0.25) is 10.0 Å². The molecule has 0 unspecified atom stereocenters. The normalized spacial score (nSPS) is 12.1. The molecule has 3 rings (SSSR count). The third-order valence-electron chi connectivity index (χ3n) is 2.86. The van der Waals surface area contributed by atoms with Gasteiger partial charge in [0.1, 0.15) is 21.5 Å². The fourth-order valence-corrected chi connectivity index (χ4v) is 3.31. The number of rotatable bonds is 2. The van der Waals surface area contributed by atoms with Crippen LogP contribution in [0, 0.1) is 20.2 Å². The van der Waals surface area contributed by atoms with Crippen LogP contribution in [0.4, 0.5) is 11.4 Å². The van der Waals surface area contributed by atoms with Crippen LogP contribution < -0.4 is 4.74 Å². The molecule has 0 fully saturated rings. The van der Waals surface area contributed by atoms with Crippen molar-refractivity contribution in [3.63, 3.8) is 0 Å². The molecule has 0 aliphatic carbocycles. The Morgan fingerprint density at radius 2 is 1.27 bits per heavy atom. The molecule has 0 amide bonds. The maximum atomic E-state index is 10.9. The molecule has 0 saturated carbocycles. The van der Waals surface area contributed by atoms with E-state index in [0.717, 1.165) is 11.8 Å². The number of nitro groups is 2. The van der Waals surface area contributed by atoms with Crippen LogP contribution in [0.15, 0.2) is 34.1 Å². The van der Waals surface area contributed by atoms with E-state index in [1.165, 1.54) is 24.3 Å². The third kappa shape index (κ3) is 2.45. The molecule has 2 aromatic rings. The number of benzene rings is 2. The minimum atomic E-state index is -0.608. The third-order valence-corrected chi connectivity index (χ3v) is 4.54. The van der Waals surface area contributed by atoms with Crippen LogP contribution in [0.25, 0.3) is 0 Å². The van der Waals surface area contributed by atoms with Crippen LogP contribution in [0.5, 0.6) is 11.5 Å². The predicted octanol–water partition coefficient (Wildman–Crippen LogP) is 5.07. The van der Waals surface area contributed by atoms with E-state index >= 15 is 0 Å². The topological polar surface area (TPSA) is 95.5 Å². The fourth-order valence-electron chi connectivity index (χ4n) is 1.88. The molecule has 22 heavy (non-hydrogen) atoms. The maximum absolute atomic E-state index is 10.9. The summed E-state index contributed by atoms with van der Waals surface area (Å²) in [5.74, 6) is 0.663. The lowest BCUT2D eigenvalue weighted by molar-refractivity contribution is -0.385. The second-order valence-electron chi connectivity index (χ2n) is 4.22. The van der Waals surface area contributed by atoms with E-state index in [4.69, 9.17) is 27.9 Å². The Kier molecular flexibility index (Phi) is 3.59. The Labute approximate surface area is 137 Å². The molecule has 0 N–H and O–H groups in total. The molecule has 0 atom stereocenters. The number of nitrogens with zero attached hydrogens (tertiary/aromatic N) is 2. The SMILES string of the molecule is O=[N+]([O-])c1cc2c(cc1Cl)Oc1cc(Cl)c([N+](=O)[O-])cc1S2. The second kappa shape index (κ2) is 5.31. The Morgan fingerprint density at radius 1 is 0.864 bits per heavy atom. The first-order valence-electron chi connectivity index (χ1n) is 5.68. The van der Waals surface area contributed by atoms with Crippen molar-refractivity contribution in [1.82, 2.24) is 0 Å². The smallest absolute Gasteiger partial charge is 0.289 e. The standard InChI is InChI=1S/C12H4Cl2N2O5S/c13-5-1-9-11(3-7(5)15(17)18)22-12-4-8(16(19)20)6(14)2-10(12)21-9/h1-4H. The van der Waals surface area contributed by atoms with E-state index in [1.54, 1.807) is 0 Å². The molecule has 10 heteroatoms. The van der Waals surface area contributed by atoms with E-state index in [2.05, 4.69) is 0 Å². The van der Waals surface area contributed by atoms with Gasteiger partial charge in [-0.3, -0.25) is 20.2 Å². The van der Waals surface area contributed by atoms with Gasteiger partial charge in [-0.25, -0.2) is 0 Å². The van der Waals surface area contributed by atoms with Crippen molar-refractivity contribution in [1.29, 1.82) is 0 Å². The highest BCUT2D eigenvalue weighted by Crippen LogP contribution is 2.51. The fraction of sp³-hybridized carbons (Fsp3) is 0. The summed E-state index contributed by atoms with van der Waals surface area (Å²) >= 11 is 12.8. The molecule has 1 heterocycles. The number of ether oxygens (including phenoxy) is 1. The van der Waals surface area contributed by atoms with E-state index < -0.39 is 9.85 Å². The number of hydrogen-bond acceptors (Lipinski definition) is 6. The van der Waals surface area contributed by atoms with Crippen molar-refractivity contribution < 1.29 is 14.6 Å². The van der Waals surface area contributed by atoms with Gasteiger partial charge in [-0.15, -0.1) is 0 Å². The second-order valence-corrected chi connectivity index (χ2v) is 6.12. The summed E-state index contributed by atoms with van der Waals surface area (Å²) in [7, 11) is 0. The molecule has 0 radical (unpaired) electrons.